The molecule has 3 heteroatoms. The molecule has 0 spiro atoms. The molecule has 1 aliphatic heterocycles. The van der Waals surface area contributed by atoms with E-state index in [0.29, 0.717) is 12.7 Å². The number of nitrogens with one attached hydrogen (secondary N) is 1. The summed E-state index contributed by atoms with van der Waals surface area (Å²) in [6.45, 7) is 4.63. The Labute approximate surface area is 61.7 Å². The quantitative estimate of drug-likeness (QED) is 0.593. The summed E-state index contributed by atoms with van der Waals surface area (Å²) >= 11 is 0. The summed E-state index contributed by atoms with van der Waals surface area (Å²) in [6.07, 6.45) is 0.572. The molecule has 60 valence electrons. The Morgan fingerprint density at radius 3 is 3.00 bits per heavy atom. The van der Waals surface area contributed by atoms with E-state index in [4.69, 9.17) is 9.47 Å². The van der Waals surface area contributed by atoms with Gasteiger partial charge in [0.2, 0.25) is 0 Å². The van der Waals surface area contributed by atoms with Crippen molar-refractivity contribution >= 4 is 0 Å². The molecule has 0 aromatic rings. The van der Waals surface area contributed by atoms with Crippen LogP contribution in [0.2, 0.25) is 0 Å². The Morgan fingerprint density at radius 2 is 2.40 bits per heavy atom. The highest BCUT2D eigenvalue weighted by Crippen LogP contribution is 2.02. The van der Waals surface area contributed by atoms with Crippen LogP contribution in [0.3, 0.4) is 0 Å². The molecule has 0 bridgehead atoms. The molecular formula is C7H15NO2. The van der Waals surface area contributed by atoms with Crippen molar-refractivity contribution in [2.75, 3.05) is 26.8 Å². The summed E-state index contributed by atoms with van der Waals surface area (Å²) < 4.78 is 10.5. The Bertz CT molecular complexity index is 95.6. The number of hydrogen-bond acceptors (Lipinski definition) is 3. The molecule has 1 heterocycles. The number of rotatable bonds is 2. The first-order valence-electron chi connectivity index (χ1n) is 3.68. The van der Waals surface area contributed by atoms with Crippen LogP contribution >= 0.6 is 0 Å². The van der Waals surface area contributed by atoms with Crippen molar-refractivity contribution < 1.29 is 9.47 Å². The molecule has 0 aromatic heterocycles. The van der Waals surface area contributed by atoms with Gasteiger partial charge in [-0.15, -0.1) is 0 Å². The summed E-state index contributed by atoms with van der Waals surface area (Å²) in [5, 5.41) is 3.26. The van der Waals surface area contributed by atoms with Crippen molar-refractivity contribution in [1.29, 1.82) is 0 Å². The van der Waals surface area contributed by atoms with Crippen LogP contribution in [0.15, 0.2) is 0 Å². The third-order valence-corrected chi connectivity index (χ3v) is 1.58. The fourth-order valence-electron chi connectivity index (χ4n) is 1.16. The minimum Gasteiger partial charge on any atom is -0.382 e. The summed E-state index contributed by atoms with van der Waals surface area (Å²) in [6, 6.07) is 0. The molecule has 0 saturated carbocycles. The highest BCUT2D eigenvalue weighted by atomic mass is 16.5. The predicted octanol–water partition coefficient (Wildman–Crippen LogP) is 0.00970. The van der Waals surface area contributed by atoms with Gasteiger partial charge in [-0.2, -0.15) is 0 Å². The molecule has 1 N–H and O–H groups in total. The Kier molecular flexibility index (Phi) is 3.12. The molecule has 0 aliphatic carbocycles. The van der Waals surface area contributed by atoms with Gasteiger partial charge in [0.1, 0.15) is 0 Å². The van der Waals surface area contributed by atoms with Gasteiger partial charge in [0, 0.05) is 20.2 Å². The van der Waals surface area contributed by atoms with Crippen LogP contribution in [0.25, 0.3) is 0 Å². The lowest BCUT2D eigenvalue weighted by atomic mass is 10.2. The number of methoxy groups -OCH3 is 1. The molecule has 1 saturated heterocycles. The maximum Gasteiger partial charge on any atom is 0.0936 e. The Balaban J connectivity index is 2.18. The van der Waals surface area contributed by atoms with Crippen molar-refractivity contribution in [3.63, 3.8) is 0 Å². The van der Waals surface area contributed by atoms with Gasteiger partial charge in [0.15, 0.2) is 0 Å². The smallest absolute Gasteiger partial charge is 0.0936 e. The lowest BCUT2D eigenvalue weighted by Crippen LogP contribution is -2.45. The first-order chi connectivity index (χ1) is 4.83. The van der Waals surface area contributed by atoms with Gasteiger partial charge in [-0.05, 0) is 6.92 Å². The maximum absolute atomic E-state index is 5.54. The zero-order valence-corrected chi connectivity index (χ0v) is 6.59. The van der Waals surface area contributed by atoms with Crippen LogP contribution in [0.5, 0.6) is 0 Å². The van der Waals surface area contributed by atoms with Crippen molar-refractivity contribution in [2.24, 2.45) is 0 Å². The lowest BCUT2D eigenvalue weighted by molar-refractivity contribution is -0.0602. The fourth-order valence-corrected chi connectivity index (χ4v) is 1.16. The molecule has 3 nitrogen and oxygen atoms in total. The van der Waals surface area contributed by atoms with Gasteiger partial charge in [-0.3, -0.25) is 0 Å². The minimum atomic E-state index is 0.244. The van der Waals surface area contributed by atoms with Gasteiger partial charge >= 0.3 is 0 Å². The third-order valence-electron chi connectivity index (χ3n) is 1.58. The topological polar surface area (TPSA) is 30.5 Å². The SMILES string of the molecule is COC[C@H]1CNC[C@H](C)O1. The first-order valence-corrected chi connectivity index (χ1v) is 3.68. The van der Waals surface area contributed by atoms with E-state index in [1.165, 1.54) is 0 Å². The molecule has 0 radical (unpaired) electrons. The number of morpholine rings is 1. The highest BCUT2D eigenvalue weighted by molar-refractivity contribution is 4.70. The van der Waals surface area contributed by atoms with E-state index in [-0.39, 0.29) is 6.10 Å². The first kappa shape index (κ1) is 7.98. The van der Waals surface area contributed by atoms with E-state index in [0.717, 1.165) is 13.1 Å². The average Bonchev–Trinajstić information content (AvgIpc) is 1.88. The molecule has 1 fully saturated rings. The van der Waals surface area contributed by atoms with Crippen LogP contribution in [0.4, 0.5) is 0 Å². The molecule has 10 heavy (non-hydrogen) atoms. The van der Waals surface area contributed by atoms with Gasteiger partial charge < -0.3 is 14.8 Å². The van der Waals surface area contributed by atoms with E-state index in [2.05, 4.69) is 12.2 Å². The van der Waals surface area contributed by atoms with Crippen LogP contribution in [0.1, 0.15) is 6.92 Å². The van der Waals surface area contributed by atoms with Gasteiger partial charge in [-0.1, -0.05) is 0 Å². The zero-order valence-electron chi connectivity index (χ0n) is 6.59. The van der Waals surface area contributed by atoms with E-state index < -0.39 is 0 Å². The third kappa shape index (κ3) is 2.25. The normalized spacial score (nSPS) is 34.2. The van der Waals surface area contributed by atoms with Crippen LogP contribution in [-0.2, 0) is 9.47 Å². The summed E-state index contributed by atoms with van der Waals surface area (Å²) in [5.74, 6) is 0. The number of hydrogen-bond donors (Lipinski definition) is 1. The minimum absolute atomic E-state index is 0.244. The van der Waals surface area contributed by atoms with Crippen molar-refractivity contribution in [2.45, 2.75) is 19.1 Å². The number of ether oxygens (including phenoxy) is 2. The molecule has 0 amide bonds. The predicted molar refractivity (Wildman–Crippen MR) is 39.1 cm³/mol. The second-order valence-corrected chi connectivity index (χ2v) is 2.68. The summed E-state index contributed by atoms with van der Waals surface area (Å²) in [4.78, 5) is 0. The van der Waals surface area contributed by atoms with E-state index >= 15 is 0 Å². The summed E-state index contributed by atoms with van der Waals surface area (Å²) in [5.41, 5.74) is 0. The Morgan fingerprint density at radius 1 is 1.60 bits per heavy atom. The van der Waals surface area contributed by atoms with Gasteiger partial charge in [-0.25, -0.2) is 0 Å². The molecule has 1 rings (SSSR count). The molecule has 0 unspecified atom stereocenters. The fraction of sp³-hybridized carbons (Fsp3) is 1.00. The second-order valence-electron chi connectivity index (χ2n) is 2.68. The van der Waals surface area contributed by atoms with Crippen molar-refractivity contribution in [1.82, 2.24) is 5.32 Å². The van der Waals surface area contributed by atoms with Crippen LogP contribution < -0.4 is 5.32 Å². The van der Waals surface area contributed by atoms with Crippen LogP contribution in [0, 0.1) is 0 Å². The van der Waals surface area contributed by atoms with Crippen molar-refractivity contribution in [3.05, 3.63) is 0 Å². The largest absolute Gasteiger partial charge is 0.382 e. The maximum atomic E-state index is 5.54. The van der Waals surface area contributed by atoms with Crippen molar-refractivity contribution in [3.8, 4) is 0 Å². The highest BCUT2D eigenvalue weighted by Gasteiger charge is 2.17. The van der Waals surface area contributed by atoms with Crippen LogP contribution in [-0.4, -0.2) is 39.0 Å². The average molecular weight is 145 g/mol. The monoisotopic (exact) mass is 145 g/mol. The lowest BCUT2D eigenvalue weighted by Gasteiger charge is -2.27. The molecular weight excluding hydrogens is 130 g/mol. The zero-order chi connectivity index (χ0) is 7.40. The van der Waals surface area contributed by atoms with Gasteiger partial charge in [0.05, 0.1) is 18.8 Å². The molecule has 1 aliphatic rings. The van der Waals surface area contributed by atoms with E-state index in [1.54, 1.807) is 7.11 Å². The Hall–Kier alpha value is -0.120. The van der Waals surface area contributed by atoms with E-state index in [1.807, 2.05) is 0 Å². The summed E-state index contributed by atoms with van der Waals surface area (Å²) in [7, 11) is 1.70. The second kappa shape index (κ2) is 3.91. The van der Waals surface area contributed by atoms with Gasteiger partial charge in [0.25, 0.3) is 0 Å². The van der Waals surface area contributed by atoms with E-state index in [9.17, 15) is 0 Å². The molecule has 0 aromatic carbocycles. The standard InChI is InChI=1S/C7H15NO2/c1-6-3-8-4-7(10-6)5-9-2/h6-8H,3-5H2,1-2H3/t6-,7+/m0/s1. The molecule has 2 atom stereocenters.